The van der Waals surface area contributed by atoms with Crippen LogP contribution in [0, 0.1) is 5.92 Å². The van der Waals surface area contributed by atoms with Gasteiger partial charge in [0, 0.05) is 33.9 Å². The molecule has 0 aliphatic rings. The maximum Gasteiger partial charge on any atom is 0.224 e. The molecule has 2 N–H and O–H groups in total. The number of anilines is 2. The molecule has 0 aliphatic heterocycles. The predicted molar refractivity (Wildman–Crippen MR) is 68.1 cm³/mol. The van der Waals surface area contributed by atoms with Crippen molar-refractivity contribution in [3.63, 3.8) is 0 Å². The van der Waals surface area contributed by atoms with Crippen LogP contribution in [0.4, 0.5) is 11.8 Å². The fourth-order valence-corrected chi connectivity index (χ4v) is 1.52. The van der Waals surface area contributed by atoms with E-state index < -0.39 is 0 Å². The van der Waals surface area contributed by atoms with Gasteiger partial charge in [-0.3, -0.25) is 4.79 Å². The van der Waals surface area contributed by atoms with E-state index in [1.807, 2.05) is 24.9 Å². The zero-order chi connectivity index (χ0) is 12.8. The molecule has 6 nitrogen and oxygen atoms in total. The number of carbonyl (C=O) groups excluding carboxylic acids is 1. The standard InChI is InChI=1S/C11H19N5O/c1-8(10(17)12-2)7-16(4)9-5-6-14-11(13-3)15-9/h5-6,8H,7H2,1-4H3,(H,12,17)(H,13,14,15). The molecule has 1 rings (SSSR count). The predicted octanol–water partition coefficient (Wildman–Crippen LogP) is 0.337. The second-order valence-electron chi connectivity index (χ2n) is 3.88. The van der Waals surface area contributed by atoms with Gasteiger partial charge in [-0.2, -0.15) is 4.98 Å². The molecule has 0 saturated carbocycles. The molecule has 94 valence electrons. The van der Waals surface area contributed by atoms with Crippen molar-refractivity contribution in [2.24, 2.45) is 5.92 Å². The van der Waals surface area contributed by atoms with Crippen molar-refractivity contribution < 1.29 is 4.79 Å². The third-order valence-corrected chi connectivity index (χ3v) is 2.50. The highest BCUT2D eigenvalue weighted by molar-refractivity contribution is 5.78. The Morgan fingerprint density at radius 1 is 1.53 bits per heavy atom. The van der Waals surface area contributed by atoms with E-state index in [0.29, 0.717) is 12.5 Å². The van der Waals surface area contributed by atoms with E-state index in [-0.39, 0.29) is 11.8 Å². The van der Waals surface area contributed by atoms with E-state index >= 15 is 0 Å². The van der Waals surface area contributed by atoms with Crippen LogP contribution in [0.5, 0.6) is 0 Å². The number of amides is 1. The summed E-state index contributed by atoms with van der Waals surface area (Å²) in [5.41, 5.74) is 0. The largest absolute Gasteiger partial charge is 0.359 e. The van der Waals surface area contributed by atoms with Crippen molar-refractivity contribution in [2.75, 3.05) is 37.9 Å². The number of hydrogen-bond acceptors (Lipinski definition) is 5. The van der Waals surface area contributed by atoms with Gasteiger partial charge in [-0.15, -0.1) is 0 Å². The third-order valence-electron chi connectivity index (χ3n) is 2.50. The van der Waals surface area contributed by atoms with E-state index in [2.05, 4.69) is 20.6 Å². The maximum absolute atomic E-state index is 11.4. The number of nitrogens with one attached hydrogen (secondary N) is 2. The van der Waals surface area contributed by atoms with E-state index in [1.165, 1.54) is 0 Å². The minimum atomic E-state index is -0.0852. The Morgan fingerprint density at radius 2 is 2.24 bits per heavy atom. The van der Waals surface area contributed by atoms with Crippen LogP contribution in [0.2, 0.25) is 0 Å². The van der Waals surface area contributed by atoms with Gasteiger partial charge < -0.3 is 15.5 Å². The molecular formula is C11H19N5O. The third kappa shape index (κ3) is 3.58. The van der Waals surface area contributed by atoms with Crippen molar-refractivity contribution in [1.29, 1.82) is 0 Å². The number of aromatic nitrogens is 2. The summed E-state index contributed by atoms with van der Waals surface area (Å²) in [4.78, 5) is 21.7. The number of nitrogens with zero attached hydrogens (tertiary/aromatic N) is 3. The molecule has 0 aliphatic carbocycles. The van der Waals surface area contributed by atoms with Gasteiger partial charge in [0.2, 0.25) is 11.9 Å². The van der Waals surface area contributed by atoms with Crippen LogP contribution in [0.15, 0.2) is 12.3 Å². The Bertz CT molecular complexity index is 382. The zero-order valence-electron chi connectivity index (χ0n) is 10.7. The molecule has 1 aromatic heterocycles. The van der Waals surface area contributed by atoms with Crippen molar-refractivity contribution >= 4 is 17.7 Å². The van der Waals surface area contributed by atoms with E-state index in [9.17, 15) is 4.79 Å². The molecular weight excluding hydrogens is 218 g/mol. The summed E-state index contributed by atoms with van der Waals surface area (Å²) >= 11 is 0. The molecule has 1 atom stereocenters. The van der Waals surface area contributed by atoms with E-state index in [4.69, 9.17) is 0 Å². The van der Waals surface area contributed by atoms with Gasteiger partial charge in [-0.05, 0) is 6.07 Å². The van der Waals surface area contributed by atoms with Crippen LogP contribution >= 0.6 is 0 Å². The SMILES string of the molecule is CNC(=O)C(C)CN(C)c1ccnc(NC)n1. The molecule has 0 fully saturated rings. The fraction of sp³-hybridized carbons (Fsp3) is 0.545. The van der Waals surface area contributed by atoms with E-state index in [0.717, 1.165) is 5.82 Å². The summed E-state index contributed by atoms with van der Waals surface area (Å²) in [5, 5.41) is 5.51. The van der Waals surface area contributed by atoms with Gasteiger partial charge in [-0.1, -0.05) is 6.92 Å². The number of rotatable bonds is 5. The lowest BCUT2D eigenvalue weighted by atomic mass is 10.1. The highest BCUT2D eigenvalue weighted by Gasteiger charge is 2.14. The molecule has 0 aromatic carbocycles. The van der Waals surface area contributed by atoms with Gasteiger partial charge in [-0.25, -0.2) is 4.98 Å². The lowest BCUT2D eigenvalue weighted by molar-refractivity contribution is -0.123. The lowest BCUT2D eigenvalue weighted by Gasteiger charge is -2.21. The summed E-state index contributed by atoms with van der Waals surface area (Å²) in [6.07, 6.45) is 1.69. The van der Waals surface area contributed by atoms with Gasteiger partial charge in [0.05, 0.1) is 5.92 Å². The Kier molecular flexibility index (Phi) is 4.68. The molecule has 1 heterocycles. The molecule has 0 spiro atoms. The van der Waals surface area contributed by atoms with Crippen molar-refractivity contribution in [3.05, 3.63) is 12.3 Å². The number of carbonyl (C=O) groups is 1. The molecule has 1 aromatic rings. The molecule has 0 radical (unpaired) electrons. The lowest BCUT2D eigenvalue weighted by Crippen LogP contribution is -2.34. The molecule has 17 heavy (non-hydrogen) atoms. The van der Waals surface area contributed by atoms with Gasteiger partial charge in [0.1, 0.15) is 5.82 Å². The average Bonchev–Trinajstić information content (AvgIpc) is 2.37. The Morgan fingerprint density at radius 3 is 2.82 bits per heavy atom. The Balaban J connectivity index is 2.68. The summed E-state index contributed by atoms with van der Waals surface area (Å²) < 4.78 is 0. The first-order valence-corrected chi connectivity index (χ1v) is 5.52. The molecule has 6 heteroatoms. The highest BCUT2D eigenvalue weighted by atomic mass is 16.1. The topological polar surface area (TPSA) is 70.2 Å². The Hall–Kier alpha value is -1.85. The van der Waals surface area contributed by atoms with Crippen LogP contribution in [0.3, 0.4) is 0 Å². The summed E-state index contributed by atoms with van der Waals surface area (Å²) in [6, 6.07) is 1.82. The van der Waals surface area contributed by atoms with Gasteiger partial charge in [0.25, 0.3) is 0 Å². The highest BCUT2D eigenvalue weighted by Crippen LogP contribution is 2.11. The minimum absolute atomic E-state index is 0.0275. The second kappa shape index (κ2) is 6.03. The second-order valence-corrected chi connectivity index (χ2v) is 3.88. The molecule has 0 saturated heterocycles. The number of hydrogen-bond donors (Lipinski definition) is 2. The smallest absolute Gasteiger partial charge is 0.224 e. The van der Waals surface area contributed by atoms with Gasteiger partial charge >= 0.3 is 0 Å². The first kappa shape index (κ1) is 13.2. The molecule has 0 bridgehead atoms. The first-order valence-electron chi connectivity index (χ1n) is 5.52. The van der Waals surface area contributed by atoms with Crippen molar-refractivity contribution in [2.45, 2.75) is 6.92 Å². The fourth-order valence-electron chi connectivity index (χ4n) is 1.52. The minimum Gasteiger partial charge on any atom is -0.359 e. The van der Waals surface area contributed by atoms with Crippen LogP contribution in [0.25, 0.3) is 0 Å². The van der Waals surface area contributed by atoms with Crippen LogP contribution in [-0.4, -0.2) is 43.6 Å². The van der Waals surface area contributed by atoms with Gasteiger partial charge in [0.15, 0.2) is 0 Å². The quantitative estimate of drug-likeness (QED) is 0.772. The molecule has 1 amide bonds. The molecule has 1 unspecified atom stereocenters. The maximum atomic E-state index is 11.4. The normalized spacial score (nSPS) is 11.8. The monoisotopic (exact) mass is 237 g/mol. The van der Waals surface area contributed by atoms with Crippen molar-refractivity contribution in [3.8, 4) is 0 Å². The average molecular weight is 237 g/mol. The summed E-state index contributed by atoms with van der Waals surface area (Å²) in [6.45, 7) is 2.50. The van der Waals surface area contributed by atoms with Crippen LogP contribution in [-0.2, 0) is 4.79 Å². The van der Waals surface area contributed by atoms with E-state index in [1.54, 1.807) is 20.3 Å². The van der Waals surface area contributed by atoms with Crippen molar-refractivity contribution in [1.82, 2.24) is 15.3 Å². The van der Waals surface area contributed by atoms with Crippen LogP contribution < -0.4 is 15.5 Å². The zero-order valence-corrected chi connectivity index (χ0v) is 10.7. The first-order chi connectivity index (χ1) is 8.08. The summed E-state index contributed by atoms with van der Waals surface area (Å²) in [7, 11) is 5.32. The van der Waals surface area contributed by atoms with Crippen LogP contribution in [0.1, 0.15) is 6.92 Å². The Labute approximate surface area is 101 Å². The summed E-state index contributed by atoms with van der Waals surface area (Å²) in [5.74, 6) is 1.31.